The average Bonchev–Trinajstić information content (AvgIpc) is 3.94. The molecule has 2 atom stereocenters. The van der Waals surface area contributed by atoms with Crippen molar-refractivity contribution in [1.29, 1.82) is 0 Å². The molecular weight excluding hydrogens is 877 g/mol. The number of para-hydroxylation sites is 2. The molecule has 18 heteroatoms. The topological polar surface area (TPSA) is 213 Å². The Kier molecular flexibility index (Phi) is 17.5. The number of carbonyl (C=O) groups is 3. The van der Waals surface area contributed by atoms with Gasteiger partial charge >= 0.3 is 5.97 Å². The third-order valence-corrected chi connectivity index (χ3v) is 12.3. The number of rotatable bonds is 19. The van der Waals surface area contributed by atoms with Gasteiger partial charge in [-0.1, -0.05) is 71.2 Å². The van der Waals surface area contributed by atoms with Gasteiger partial charge in [0.05, 0.1) is 33.6 Å². The summed E-state index contributed by atoms with van der Waals surface area (Å²) in [6.07, 6.45) is 5.17. The van der Waals surface area contributed by atoms with E-state index in [1.807, 2.05) is 78.9 Å². The number of carboxylic acid groups (broad SMARTS) is 1. The minimum absolute atomic E-state index is 0.0355. The quantitative estimate of drug-likeness (QED) is 0.0410. The number of thiazole rings is 2. The van der Waals surface area contributed by atoms with Gasteiger partial charge in [-0.15, -0.1) is 0 Å². The normalized spacial score (nSPS) is 14.2. The Balaban J connectivity index is 0.000000197. The zero-order valence-electron chi connectivity index (χ0n) is 36.9. The molecule has 2 amide bonds. The number of benzene rings is 4. The molecule has 2 aliphatic rings. The molecular formula is C48H56N10O6S2. The Morgan fingerprint density at radius 2 is 1.12 bits per heavy atom. The van der Waals surface area contributed by atoms with Gasteiger partial charge in [0.1, 0.15) is 17.5 Å². The van der Waals surface area contributed by atoms with Crippen LogP contribution in [0.3, 0.4) is 0 Å². The van der Waals surface area contributed by atoms with Crippen LogP contribution in [0, 0.1) is 0 Å². The van der Waals surface area contributed by atoms with E-state index in [4.69, 9.17) is 9.47 Å². The number of amides is 2. The molecule has 6 aromatic rings. The summed E-state index contributed by atoms with van der Waals surface area (Å²) in [5.41, 5.74) is 3.98. The van der Waals surface area contributed by atoms with Crippen LogP contribution in [0.1, 0.15) is 56.6 Å². The van der Waals surface area contributed by atoms with E-state index in [0.29, 0.717) is 68.1 Å². The van der Waals surface area contributed by atoms with Crippen molar-refractivity contribution in [2.24, 2.45) is 9.98 Å². The molecule has 0 bridgehead atoms. The molecule has 2 unspecified atom stereocenters. The molecule has 4 aromatic carbocycles. The van der Waals surface area contributed by atoms with Crippen molar-refractivity contribution >= 4 is 83.1 Å². The number of hydrogen-bond acceptors (Lipinski definition) is 15. The summed E-state index contributed by atoms with van der Waals surface area (Å²) < 4.78 is 13.7. The molecule has 2 aromatic heterocycles. The summed E-state index contributed by atoms with van der Waals surface area (Å²) in [6, 6.07) is 30.8. The summed E-state index contributed by atoms with van der Waals surface area (Å²) in [6.45, 7) is 6.24. The Morgan fingerprint density at radius 1 is 0.652 bits per heavy atom. The molecule has 0 fully saturated rings. The summed E-state index contributed by atoms with van der Waals surface area (Å²) >= 11 is 3.12. The van der Waals surface area contributed by atoms with Gasteiger partial charge < -0.3 is 35.8 Å². The van der Waals surface area contributed by atoms with Gasteiger partial charge in [0, 0.05) is 51.5 Å². The molecule has 8 rings (SSSR count). The van der Waals surface area contributed by atoms with E-state index in [2.05, 4.69) is 77.0 Å². The van der Waals surface area contributed by atoms with Crippen LogP contribution in [0.5, 0.6) is 11.5 Å². The standard InChI is InChI=1S/C24H27N5O4S.C24H29N5O2S/c30-21(29-23-25-12-4-13-26-23)7-3-14-33-17-10-8-16(9-11-17)15-19(22(31)32)28-24-27-18-5-1-2-6-20(18)34-24;1-17(27-24-28-20-6-2-3-7-21(20)32-24)16-18-9-11-19(12-10-18)31-15-4-8-22(30)29-23-25-13-5-14-26-23/h1-2,5-6,8-11,19H,3-4,7,12-15H2,(H,27,28)(H,31,32)(H2,25,26,29,30);2-3,6-7,9-12,17H,4-5,8,13-16H2,1H3,(H,27,28)(H2,25,26,29,30). The molecule has 0 saturated heterocycles. The predicted molar refractivity (Wildman–Crippen MR) is 263 cm³/mol. The first kappa shape index (κ1) is 47.2. The minimum Gasteiger partial charge on any atom is -0.494 e. The second-order valence-corrected chi connectivity index (χ2v) is 17.8. The number of ether oxygens (including phenoxy) is 2. The van der Waals surface area contributed by atoms with Crippen LogP contribution in [0.4, 0.5) is 10.3 Å². The summed E-state index contributed by atoms with van der Waals surface area (Å²) in [5.74, 6) is 1.56. The van der Waals surface area contributed by atoms with Gasteiger partial charge in [-0.3, -0.25) is 30.2 Å². The average molecular weight is 933 g/mol. The van der Waals surface area contributed by atoms with E-state index in [-0.39, 0.29) is 17.9 Å². The highest BCUT2D eigenvalue weighted by Gasteiger charge is 2.20. The smallest absolute Gasteiger partial charge is 0.326 e. The number of fused-ring (bicyclic) bond motifs is 2. The zero-order valence-corrected chi connectivity index (χ0v) is 38.5. The third-order valence-electron chi connectivity index (χ3n) is 10.3. The Labute approximate surface area is 391 Å². The molecule has 0 radical (unpaired) electrons. The lowest BCUT2D eigenvalue weighted by Gasteiger charge is -2.15. The van der Waals surface area contributed by atoms with E-state index >= 15 is 0 Å². The van der Waals surface area contributed by atoms with Crippen LogP contribution >= 0.6 is 22.7 Å². The van der Waals surface area contributed by atoms with Crippen molar-refractivity contribution < 1.29 is 29.0 Å². The predicted octanol–water partition coefficient (Wildman–Crippen LogP) is 6.99. The highest BCUT2D eigenvalue weighted by atomic mass is 32.1. The number of hydrogen-bond donors (Lipinski definition) is 7. The third kappa shape index (κ3) is 15.2. The fourth-order valence-electron chi connectivity index (χ4n) is 6.98. The number of nitrogens with one attached hydrogen (secondary N) is 6. The number of carbonyl (C=O) groups excluding carboxylic acids is 2. The molecule has 2 aliphatic heterocycles. The van der Waals surface area contributed by atoms with Gasteiger partial charge in [-0.2, -0.15) is 0 Å². The van der Waals surface area contributed by atoms with E-state index in [1.54, 1.807) is 11.3 Å². The number of nitrogens with zero attached hydrogens (tertiary/aromatic N) is 4. The van der Waals surface area contributed by atoms with Gasteiger partial charge in [-0.05, 0) is 98.7 Å². The van der Waals surface area contributed by atoms with Crippen LogP contribution in [0.25, 0.3) is 20.4 Å². The van der Waals surface area contributed by atoms with Crippen molar-refractivity contribution in [2.45, 2.75) is 70.4 Å². The lowest BCUT2D eigenvalue weighted by molar-refractivity contribution is -0.138. The van der Waals surface area contributed by atoms with Crippen molar-refractivity contribution in [1.82, 2.24) is 31.2 Å². The number of aromatic nitrogens is 2. The molecule has 0 spiro atoms. The number of aliphatic carboxylic acids is 1. The summed E-state index contributed by atoms with van der Waals surface area (Å²) in [7, 11) is 0. The highest BCUT2D eigenvalue weighted by molar-refractivity contribution is 7.22. The number of carboxylic acids is 1. The monoisotopic (exact) mass is 932 g/mol. The Morgan fingerprint density at radius 3 is 1.58 bits per heavy atom. The molecule has 66 heavy (non-hydrogen) atoms. The van der Waals surface area contributed by atoms with Crippen molar-refractivity contribution in [3.63, 3.8) is 0 Å². The lowest BCUT2D eigenvalue weighted by atomic mass is 10.1. The van der Waals surface area contributed by atoms with E-state index in [1.165, 1.54) is 21.6 Å². The summed E-state index contributed by atoms with van der Waals surface area (Å²) in [4.78, 5) is 53.3. The molecule has 4 heterocycles. The van der Waals surface area contributed by atoms with Crippen LogP contribution in [0.15, 0.2) is 107 Å². The van der Waals surface area contributed by atoms with Crippen LogP contribution in [-0.2, 0) is 27.2 Å². The summed E-state index contributed by atoms with van der Waals surface area (Å²) in [5, 5.41) is 29.4. The van der Waals surface area contributed by atoms with E-state index in [0.717, 1.165) is 77.6 Å². The minimum atomic E-state index is -0.938. The molecule has 7 N–H and O–H groups in total. The Hall–Kier alpha value is -6.79. The first-order chi connectivity index (χ1) is 32.2. The number of guanidine groups is 2. The first-order valence-corrected chi connectivity index (χ1v) is 23.9. The maximum atomic E-state index is 12.0. The fraction of sp³-hybridized carbons (Fsp3) is 0.354. The molecule has 0 saturated carbocycles. The van der Waals surface area contributed by atoms with E-state index in [9.17, 15) is 19.5 Å². The van der Waals surface area contributed by atoms with Gasteiger partial charge in [0.15, 0.2) is 22.2 Å². The van der Waals surface area contributed by atoms with Crippen molar-refractivity contribution in [3.8, 4) is 11.5 Å². The molecule has 346 valence electrons. The highest BCUT2D eigenvalue weighted by Crippen LogP contribution is 2.28. The second kappa shape index (κ2) is 24.5. The molecule has 16 nitrogen and oxygen atoms in total. The zero-order chi connectivity index (χ0) is 45.9. The fourth-order valence-corrected chi connectivity index (χ4v) is 8.87. The maximum Gasteiger partial charge on any atom is 0.326 e. The Bertz CT molecular complexity index is 2510. The van der Waals surface area contributed by atoms with Crippen LogP contribution < -0.4 is 41.4 Å². The van der Waals surface area contributed by atoms with Gasteiger partial charge in [0.2, 0.25) is 11.8 Å². The van der Waals surface area contributed by atoms with Gasteiger partial charge in [-0.25, -0.2) is 14.8 Å². The van der Waals surface area contributed by atoms with Gasteiger partial charge in [0.25, 0.3) is 0 Å². The molecule has 0 aliphatic carbocycles. The van der Waals surface area contributed by atoms with Crippen LogP contribution in [-0.4, -0.2) is 96.3 Å². The maximum absolute atomic E-state index is 12.0. The largest absolute Gasteiger partial charge is 0.494 e. The number of aliphatic imine (C=N–C) groups is 2. The van der Waals surface area contributed by atoms with E-state index < -0.39 is 12.0 Å². The first-order valence-electron chi connectivity index (χ1n) is 22.3. The van der Waals surface area contributed by atoms with Crippen molar-refractivity contribution in [2.75, 3.05) is 50.0 Å². The van der Waals surface area contributed by atoms with Crippen molar-refractivity contribution in [3.05, 3.63) is 108 Å². The number of anilines is 2. The SMILES string of the molecule is CC(Cc1ccc(OCCCC(=O)NC2=NCCCN2)cc1)Nc1nc2ccccc2s1.O=C(CCCOc1ccc(CC(Nc2nc3ccccc3s2)C(=O)O)cc1)NC1=NCCCN1. The second-order valence-electron chi connectivity index (χ2n) is 15.8. The van der Waals surface area contributed by atoms with Crippen LogP contribution in [0.2, 0.25) is 0 Å². The lowest BCUT2D eigenvalue weighted by Crippen LogP contribution is -2.43.